The fourth-order valence-corrected chi connectivity index (χ4v) is 3.63. The molecule has 3 rings (SSSR count). The molecule has 1 amide bonds. The Morgan fingerprint density at radius 3 is 2.37 bits per heavy atom. The van der Waals surface area contributed by atoms with E-state index >= 15 is 0 Å². The molecule has 0 saturated carbocycles. The van der Waals surface area contributed by atoms with Crippen LogP contribution < -0.4 is 10.2 Å². The van der Waals surface area contributed by atoms with Crippen LogP contribution in [0.4, 0.5) is 10.1 Å². The highest BCUT2D eigenvalue weighted by Gasteiger charge is 2.26. The highest BCUT2D eigenvalue weighted by molar-refractivity contribution is 6.30. The third-order valence-electron chi connectivity index (χ3n) is 5.00. The summed E-state index contributed by atoms with van der Waals surface area (Å²) in [6.07, 6.45) is 0. The fraction of sp³-hybridized carbons (Fsp3) is 0.381. The van der Waals surface area contributed by atoms with Crippen molar-refractivity contribution >= 4 is 23.2 Å². The first-order chi connectivity index (χ1) is 12.9. The molecule has 1 aliphatic rings. The van der Waals surface area contributed by atoms with Crippen LogP contribution in [0.3, 0.4) is 0 Å². The van der Waals surface area contributed by atoms with Crippen molar-refractivity contribution < 1.29 is 9.18 Å². The van der Waals surface area contributed by atoms with Crippen LogP contribution in [0, 0.1) is 5.82 Å². The first-order valence-corrected chi connectivity index (χ1v) is 9.62. The maximum Gasteiger partial charge on any atom is 0.239 e. The molecular formula is C21H25ClFN3O. The van der Waals surface area contributed by atoms with Crippen LogP contribution >= 0.6 is 11.6 Å². The number of benzene rings is 2. The second kappa shape index (κ2) is 8.72. The number of anilines is 1. The van der Waals surface area contributed by atoms with E-state index in [1.165, 1.54) is 12.1 Å². The predicted octanol–water partition coefficient (Wildman–Crippen LogP) is 3.87. The molecule has 1 fully saturated rings. The quantitative estimate of drug-likeness (QED) is 0.843. The maximum atomic E-state index is 13.1. The van der Waals surface area contributed by atoms with Gasteiger partial charge in [-0.3, -0.25) is 10.1 Å². The molecule has 0 radical (unpaired) electrons. The summed E-state index contributed by atoms with van der Waals surface area (Å²) in [6, 6.07) is 13.9. The zero-order chi connectivity index (χ0) is 19.4. The van der Waals surface area contributed by atoms with E-state index in [1.807, 2.05) is 43.0 Å². The lowest BCUT2D eigenvalue weighted by Gasteiger charge is -2.37. The number of carbonyl (C=O) groups is 1. The number of hydrogen-bond acceptors (Lipinski definition) is 3. The van der Waals surface area contributed by atoms with Gasteiger partial charge in [-0.25, -0.2) is 4.39 Å². The summed E-state index contributed by atoms with van der Waals surface area (Å²) in [5.41, 5.74) is 2.05. The molecule has 1 N–H and O–H groups in total. The zero-order valence-electron chi connectivity index (χ0n) is 15.7. The molecule has 6 heteroatoms. The van der Waals surface area contributed by atoms with Crippen molar-refractivity contribution in [1.82, 2.24) is 10.2 Å². The van der Waals surface area contributed by atoms with E-state index in [2.05, 4.69) is 10.2 Å². The van der Waals surface area contributed by atoms with Crippen LogP contribution in [0.15, 0.2) is 48.5 Å². The number of amides is 1. The summed E-state index contributed by atoms with van der Waals surface area (Å²) in [6.45, 7) is 6.74. The van der Waals surface area contributed by atoms with Gasteiger partial charge in [-0.1, -0.05) is 23.7 Å². The van der Waals surface area contributed by atoms with Gasteiger partial charge in [-0.15, -0.1) is 0 Å². The normalized spacial score (nSPS) is 16.9. The van der Waals surface area contributed by atoms with Gasteiger partial charge >= 0.3 is 0 Å². The second-order valence-corrected chi connectivity index (χ2v) is 7.39. The average Bonchev–Trinajstić information content (AvgIpc) is 2.68. The lowest BCUT2D eigenvalue weighted by atomic mass is 10.1. The van der Waals surface area contributed by atoms with Crippen LogP contribution in [0.5, 0.6) is 0 Å². The predicted molar refractivity (Wildman–Crippen MR) is 108 cm³/mol. The van der Waals surface area contributed by atoms with Crippen molar-refractivity contribution in [2.45, 2.75) is 25.9 Å². The van der Waals surface area contributed by atoms with Gasteiger partial charge in [-0.05, 0) is 55.8 Å². The van der Waals surface area contributed by atoms with E-state index < -0.39 is 0 Å². The third kappa shape index (κ3) is 4.99. The molecule has 0 spiro atoms. The van der Waals surface area contributed by atoms with Gasteiger partial charge in [0.05, 0.1) is 6.04 Å². The molecule has 1 heterocycles. The van der Waals surface area contributed by atoms with Gasteiger partial charge in [-0.2, -0.15) is 0 Å². The molecule has 144 valence electrons. The number of rotatable bonds is 5. The summed E-state index contributed by atoms with van der Waals surface area (Å²) < 4.78 is 13.1. The highest BCUT2D eigenvalue weighted by Crippen LogP contribution is 2.19. The van der Waals surface area contributed by atoms with Crippen molar-refractivity contribution in [2.75, 3.05) is 31.1 Å². The molecule has 2 unspecified atom stereocenters. The molecule has 0 aromatic heterocycles. The van der Waals surface area contributed by atoms with E-state index in [1.54, 1.807) is 12.1 Å². The lowest BCUT2D eigenvalue weighted by molar-refractivity contribution is -0.133. The van der Waals surface area contributed by atoms with Gasteiger partial charge in [0.15, 0.2) is 0 Å². The SMILES string of the molecule is CC(NC(C)c1cccc(Cl)c1)C(=O)N1CCN(c2ccc(F)cc2)CC1. The van der Waals surface area contributed by atoms with Gasteiger partial charge < -0.3 is 9.80 Å². The molecule has 1 saturated heterocycles. The van der Waals surface area contributed by atoms with Gasteiger partial charge in [0.1, 0.15) is 5.82 Å². The van der Waals surface area contributed by atoms with Crippen LogP contribution in [-0.4, -0.2) is 43.0 Å². The van der Waals surface area contributed by atoms with E-state index in [-0.39, 0.29) is 23.8 Å². The monoisotopic (exact) mass is 389 g/mol. The summed E-state index contributed by atoms with van der Waals surface area (Å²) >= 11 is 6.05. The van der Waals surface area contributed by atoms with E-state index in [9.17, 15) is 9.18 Å². The van der Waals surface area contributed by atoms with Crippen molar-refractivity contribution in [2.24, 2.45) is 0 Å². The van der Waals surface area contributed by atoms with Crippen LogP contribution in [-0.2, 0) is 4.79 Å². The Labute approximate surface area is 164 Å². The van der Waals surface area contributed by atoms with E-state index in [0.29, 0.717) is 18.1 Å². The third-order valence-corrected chi connectivity index (χ3v) is 5.24. The Balaban J connectivity index is 1.53. The van der Waals surface area contributed by atoms with Gasteiger partial charge in [0.25, 0.3) is 0 Å². The highest BCUT2D eigenvalue weighted by atomic mass is 35.5. The molecule has 2 atom stereocenters. The first-order valence-electron chi connectivity index (χ1n) is 9.25. The molecular weight excluding hydrogens is 365 g/mol. The van der Waals surface area contributed by atoms with E-state index in [0.717, 1.165) is 24.3 Å². The van der Waals surface area contributed by atoms with Crippen molar-refractivity contribution in [3.05, 3.63) is 64.9 Å². The summed E-state index contributed by atoms with van der Waals surface area (Å²) in [7, 11) is 0. The molecule has 4 nitrogen and oxygen atoms in total. The molecule has 0 bridgehead atoms. The van der Waals surface area contributed by atoms with Crippen LogP contribution in [0.2, 0.25) is 5.02 Å². The second-order valence-electron chi connectivity index (χ2n) is 6.95. The van der Waals surface area contributed by atoms with Gasteiger partial charge in [0.2, 0.25) is 5.91 Å². The minimum Gasteiger partial charge on any atom is -0.368 e. The largest absolute Gasteiger partial charge is 0.368 e. The lowest BCUT2D eigenvalue weighted by Crippen LogP contribution is -2.53. The Kier molecular flexibility index (Phi) is 6.34. The van der Waals surface area contributed by atoms with E-state index in [4.69, 9.17) is 11.6 Å². The Bertz CT molecular complexity index is 775. The Morgan fingerprint density at radius 1 is 1.07 bits per heavy atom. The summed E-state index contributed by atoms with van der Waals surface area (Å²) in [4.78, 5) is 16.9. The van der Waals surface area contributed by atoms with Crippen molar-refractivity contribution in [3.63, 3.8) is 0 Å². The van der Waals surface area contributed by atoms with Gasteiger partial charge in [0, 0.05) is 42.9 Å². The Hall–Kier alpha value is -2.11. The number of nitrogens with one attached hydrogen (secondary N) is 1. The average molecular weight is 390 g/mol. The molecule has 0 aliphatic carbocycles. The first kappa shape index (κ1) is 19.6. The summed E-state index contributed by atoms with van der Waals surface area (Å²) in [5, 5.41) is 4.06. The number of halogens is 2. The summed E-state index contributed by atoms with van der Waals surface area (Å²) in [5.74, 6) is -0.135. The Morgan fingerprint density at radius 2 is 1.74 bits per heavy atom. The number of hydrogen-bond donors (Lipinski definition) is 1. The maximum absolute atomic E-state index is 13.1. The topological polar surface area (TPSA) is 35.6 Å². The standard InChI is InChI=1S/C21H25ClFN3O/c1-15(17-4-3-5-18(22)14-17)24-16(2)21(27)26-12-10-25(11-13-26)20-8-6-19(23)7-9-20/h3-9,14-16,24H,10-13H2,1-2H3. The number of carbonyl (C=O) groups excluding carboxylic acids is 1. The van der Waals surface area contributed by atoms with Crippen molar-refractivity contribution in [1.29, 1.82) is 0 Å². The molecule has 27 heavy (non-hydrogen) atoms. The zero-order valence-corrected chi connectivity index (χ0v) is 16.4. The molecule has 2 aromatic carbocycles. The van der Waals surface area contributed by atoms with Crippen LogP contribution in [0.25, 0.3) is 0 Å². The minimum atomic E-state index is -0.281. The van der Waals surface area contributed by atoms with Crippen molar-refractivity contribution in [3.8, 4) is 0 Å². The fourth-order valence-electron chi connectivity index (χ4n) is 3.43. The number of piperazine rings is 1. The smallest absolute Gasteiger partial charge is 0.239 e. The molecule has 2 aromatic rings. The van der Waals surface area contributed by atoms with Crippen LogP contribution in [0.1, 0.15) is 25.5 Å². The molecule has 1 aliphatic heterocycles. The number of nitrogens with zero attached hydrogens (tertiary/aromatic N) is 2. The minimum absolute atomic E-state index is 0.0307.